The smallest absolute Gasteiger partial charge is 0.311 e. The fourth-order valence-electron chi connectivity index (χ4n) is 2.26. The Balaban J connectivity index is 2.47. The Labute approximate surface area is 111 Å². The highest BCUT2D eigenvalue weighted by atomic mass is 16.5. The van der Waals surface area contributed by atoms with Crippen molar-refractivity contribution in [2.75, 3.05) is 0 Å². The minimum atomic E-state index is -0.530. The van der Waals surface area contributed by atoms with Crippen LogP contribution in [0.5, 0.6) is 0 Å². The molecule has 3 nitrogen and oxygen atoms in total. The molecule has 0 amide bonds. The lowest BCUT2D eigenvalue weighted by molar-refractivity contribution is -0.161. The lowest BCUT2D eigenvalue weighted by Gasteiger charge is -2.30. The van der Waals surface area contributed by atoms with E-state index in [-0.39, 0.29) is 17.5 Å². The molecule has 0 heterocycles. The summed E-state index contributed by atoms with van der Waals surface area (Å²) >= 11 is 0. The molecule has 0 radical (unpaired) electrons. The van der Waals surface area contributed by atoms with Crippen LogP contribution in [0.4, 0.5) is 0 Å². The summed E-state index contributed by atoms with van der Waals surface area (Å²) in [6.07, 6.45) is 6.06. The molecule has 3 heteroatoms. The molecule has 1 saturated carbocycles. The third-order valence-electron chi connectivity index (χ3n) is 4.19. The fourth-order valence-corrected chi connectivity index (χ4v) is 2.26. The Bertz CT molecular complexity index is 269. The van der Waals surface area contributed by atoms with E-state index in [4.69, 9.17) is 4.74 Å². The standard InChI is InChI=1S/C15H28O3/c1-5-14(2,3)13(16)18-12-8-6-10-15(4,17)11-7-9-12/h12,17H,5-11H2,1-4H3. The van der Waals surface area contributed by atoms with Crippen molar-refractivity contribution in [3.63, 3.8) is 0 Å². The molecule has 0 bridgehead atoms. The number of carbonyl (C=O) groups excluding carboxylic acids is 1. The molecule has 0 saturated heterocycles. The van der Waals surface area contributed by atoms with Crippen LogP contribution in [-0.4, -0.2) is 22.8 Å². The van der Waals surface area contributed by atoms with E-state index in [1.54, 1.807) is 0 Å². The first-order chi connectivity index (χ1) is 8.27. The molecule has 106 valence electrons. The third kappa shape index (κ3) is 4.60. The Morgan fingerprint density at radius 3 is 2.28 bits per heavy atom. The number of carbonyl (C=O) groups is 1. The second-order valence-corrected chi connectivity index (χ2v) is 6.55. The zero-order chi connectivity index (χ0) is 13.8. The van der Waals surface area contributed by atoms with Gasteiger partial charge in [0.1, 0.15) is 6.10 Å². The SMILES string of the molecule is CCC(C)(C)C(=O)OC1CCCC(C)(O)CCC1. The predicted molar refractivity (Wildman–Crippen MR) is 72.3 cm³/mol. The number of esters is 1. The van der Waals surface area contributed by atoms with Gasteiger partial charge in [0.25, 0.3) is 0 Å². The molecule has 0 unspecified atom stereocenters. The second kappa shape index (κ2) is 6.05. The van der Waals surface area contributed by atoms with Crippen LogP contribution in [0.15, 0.2) is 0 Å². The lowest BCUT2D eigenvalue weighted by Crippen LogP contribution is -2.32. The zero-order valence-electron chi connectivity index (χ0n) is 12.3. The fraction of sp³-hybridized carbons (Fsp3) is 0.933. The average molecular weight is 256 g/mol. The molecule has 1 aliphatic rings. The van der Waals surface area contributed by atoms with Crippen LogP contribution < -0.4 is 0 Å². The molecule has 1 N–H and O–H groups in total. The Hall–Kier alpha value is -0.570. The first kappa shape index (κ1) is 15.5. The van der Waals surface area contributed by atoms with Gasteiger partial charge >= 0.3 is 5.97 Å². The van der Waals surface area contributed by atoms with Crippen LogP contribution in [0.1, 0.15) is 72.6 Å². The number of rotatable bonds is 3. The maximum Gasteiger partial charge on any atom is 0.311 e. The Morgan fingerprint density at radius 1 is 1.33 bits per heavy atom. The molecule has 1 aliphatic carbocycles. The summed E-state index contributed by atoms with van der Waals surface area (Å²) in [6.45, 7) is 7.78. The summed E-state index contributed by atoms with van der Waals surface area (Å²) in [6, 6.07) is 0. The summed E-state index contributed by atoms with van der Waals surface area (Å²) in [5.41, 5.74) is -0.911. The van der Waals surface area contributed by atoms with E-state index in [1.165, 1.54) is 0 Å². The number of aliphatic hydroxyl groups is 1. The maximum atomic E-state index is 12.0. The molecule has 0 aromatic rings. The van der Waals surface area contributed by atoms with E-state index in [9.17, 15) is 9.90 Å². The van der Waals surface area contributed by atoms with Crippen molar-refractivity contribution in [1.82, 2.24) is 0 Å². The molecule has 1 fully saturated rings. The van der Waals surface area contributed by atoms with Crippen molar-refractivity contribution in [1.29, 1.82) is 0 Å². The van der Waals surface area contributed by atoms with Crippen molar-refractivity contribution in [2.45, 2.75) is 84.3 Å². The van der Waals surface area contributed by atoms with Crippen LogP contribution in [0.3, 0.4) is 0 Å². The van der Waals surface area contributed by atoms with Crippen LogP contribution in [0.2, 0.25) is 0 Å². The molecule has 1 rings (SSSR count). The van der Waals surface area contributed by atoms with Crippen molar-refractivity contribution in [2.24, 2.45) is 5.41 Å². The van der Waals surface area contributed by atoms with E-state index in [0.29, 0.717) is 0 Å². The minimum absolute atomic E-state index is 0.0411. The summed E-state index contributed by atoms with van der Waals surface area (Å²) in [7, 11) is 0. The van der Waals surface area contributed by atoms with E-state index in [1.807, 2.05) is 27.7 Å². The molecular formula is C15H28O3. The third-order valence-corrected chi connectivity index (χ3v) is 4.19. The first-order valence-corrected chi connectivity index (χ1v) is 7.20. The van der Waals surface area contributed by atoms with Gasteiger partial charge in [0.05, 0.1) is 11.0 Å². The highest BCUT2D eigenvalue weighted by Crippen LogP contribution is 2.29. The quantitative estimate of drug-likeness (QED) is 0.787. The number of ether oxygens (including phenoxy) is 1. The van der Waals surface area contributed by atoms with Gasteiger partial charge in [-0.1, -0.05) is 6.92 Å². The van der Waals surface area contributed by atoms with Gasteiger partial charge in [-0.15, -0.1) is 0 Å². The highest BCUT2D eigenvalue weighted by Gasteiger charge is 2.31. The van der Waals surface area contributed by atoms with Crippen LogP contribution >= 0.6 is 0 Å². The Morgan fingerprint density at radius 2 is 1.83 bits per heavy atom. The van der Waals surface area contributed by atoms with Crippen molar-refractivity contribution in [3.8, 4) is 0 Å². The molecule has 0 aromatic carbocycles. The van der Waals surface area contributed by atoms with Gasteiger partial charge in [0.2, 0.25) is 0 Å². The normalized spacial score (nSPS) is 30.4. The summed E-state index contributed by atoms with van der Waals surface area (Å²) in [5, 5.41) is 10.0. The summed E-state index contributed by atoms with van der Waals surface area (Å²) < 4.78 is 5.63. The van der Waals surface area contributed by atoms with E-state index in [2.05, 4.69) is 0 Å². The largest absolute Gasteiger partial charge is 0.462 e. The van der Waals surface area contributed by atoms with Gasteiger partial charge < -0.3 is 9.84 Å². The number of hydrogen-bond donors (Lipinski definition) is 1. The lowest BCUT2D eigenvalue weighted by atomic mass is 9.87. The molecule has 0 atom stereocenters. The number of hydrogen-bond acceptors (Lipinski definition) is 3. The molecule has 18 heavy (non-hydrogen) atoms. The minimum Gasteiger partial charge on any atom is -0.462 e. The van der Waals surface area contributed by atoms with Crippen LogP contribution in [-0.2, 0) is 9.53 Å². The second-order valence-electron chi connectivity index (χ2n) is 6.55. The van der Waals surface area contributed by atoms with Crippen molar-refractivity contribution in [3.05, 3.63) is 0 Å². The highest BCUT2D eigenvalue weighted by molar-refractivity contribution is 5.75. The molecular weight excluding hydrogens is 228 g/mol. The van der Waals surface area contributed by atoms with Crippen molar-refractivity contribution < 1.29 is 14.6 Å². The Kier molecular flexibility index (Phi) is 5.20. The molecule has 0 spiro atoms. The van der Waals surface area contributed by atoms with Gasteiger partial charge in [0.15, 0.2) is 0 Å². The predicted octanol–water partition coefficient (Wildman–Crippen LogP) is 3.44. The van der Waals surface area contributed by atoms with Crippen LogP contribution in [0.25, 0.3) is 0 Å². The topological polar surface area (TPSA) is 46.5 Å². The molecule has 0 aromatic heterocycles. The average Bonchev–Trinajstić information content (AvgIpc) is 2.25. The van der Waals surface area contributed by atoms with E-state index >= 15 is 0 Å². The first-order valence-electron chi connectivity index (χ1n) is 7.20. The van der Waals surface area contributed by atoms with E-state index in [0.717, 1.165) is 44.9 Å². The van der Waals surface area contributed by atoms with Gasteiger partial charge in [0, 0.05) is 0 Å². The van der Waals surface area contributed by atoms with Crippen LogP contribution in [0, 0.1) is 5.41 Å². The molecule has 0 aliphatic heterocycles. The zero-order valence-corrected chi connectivity index (χ0v) is 12.3. The van der Waals surface area contributed by atoms with E-state index < -0.39 is 5.60 Å². The van der Waals surface area contributed by atoms with Gasteiger partial charge in [-0.25, -0.2) is 0 Å². The van der Waals surface area contributed by atoms with Gasteiger partial charge in [-0.05, 0) is 65.7 Å². The van der Waals surface area contributed by atoms with Gasteiger partial charge in [-0.3, -0.25) is 4.79 Å². The summed E-state index contributed by atoms with van der Waals surface area (Å²) in [4.78, 5) is 12.0. The summed E-state index contributed by atoms with van der Waals surface area (Å²) in [5.74, 6) is -0.0812. The monoisotopic (exact) mass is 256 g/mol. The maximum absolute atomic E-state index is 12.0. The van der Waals surface area contributed by atoms with Crippen molar-refractivity contribution >= 4 is 5.97 Å². The van der Waals surface area contributed by atoms with Gasteiger partial charge in [-0.2, -0.15) is 0 Å².